The van der Waals surface area contributed by atoms with Gasteiger partial charge in [-0.1, -0.05) is 50.3 Å². The van der Waals surface area contributed by atoms with Gasteiger partial charge in [-0.25, -0.2) is 4.68 Å². The number of para-hydroxylation sites is 1. The lowest BCUT2D eigenvalue weighted by Crippen LogP contribution is -2.52. The average molecular weight is 498 g/mol. The van der Waals surface area contributed by atoms with Gasteiger partial charge < -0.3 is 20.1 Å². The van der Waals surface area contributed by atoms with Crippen molar-refractivity contribution in [1.82, 2.24) is 25.2 Å². The first-order chi connectivity index (χ1) is 17.3. The summed E-state index contributed by atoms with van der Waals surface area (Å²) in [5.41, 5.74) is 1.49. The molecule has 1 aromatic carbocycles. The Balaban J connectivity index is 1.66. The van der Waals surface area contributed by atoms with E-state index >= 15 is 0 Å². The molecule has 2 aliphatic rings. The van der Waals surface area contributed by atoms with Gasteiger partial charge in [0.05, 0.1) is 36.6 Å². The maximum Gasteiger partial charge on any atom is 0.310 e. The lowest BCUT2D eigenvalue weighted by atomic mass is 9.70. The van der Waals surface area contributed by atoms with Crippen LogP contribution in [-0.4, -0.2) is 68.1 Å². The number of aromatic nitrogens is 3. The van der Waals surface area contributed by atoms with E-state index in [-0.39, 0.29) is 43.5 Å². The number of hydrogen-bond acceptors (Lipinski definition) is 7. The predicted molar refractivity (Wildman–Crippen MR) is 132 cm³/mol. The van der Waals surface area contributed by atoms with Crippen LogP contribution < -0.4 is 5.32 Å². The first-order valence-electron chi connectivity index (χ1n) is 12.6. The minimum absolute atomic E-state index is 0.0741. The van der Waals surface area contributed by atoms with Gasteiger partial charge in [-0.15, -0.1) is 5.10 Å². The fraction of sp³-hybridized carbons (Fsp3) is 0.577. The van der Waals surface area contributed by atoms with Crippen LogP contribution in [0.3, 0.4) is 0 Å². The molecule has 10 heteroatoms. The predicted octanol–water partition coefficient (Wildman–Crippen LogP) is 1.74. The number of ether oxygens (including phenoxy) is 1. The summed E-state index contributed by atoms with van der Waals surface area (Å²) in [6.07, 6.45) is 4.30. The minimum Gasteiger partial charge on any atom is -0.466 e. The van der Waals surface area contributed by atoms with Gasteiger partial charge in [-0.05, 0) is 37.3 Å². The van der Waals surface area contributed by atoms with Crippen LogP contribution in [0.2, 0.25) is 0 Å². The van der Waals surface area contributed by atoms with Crippen molar-refractivity contribution >= 4 is 28.8 Å². The molecule has 0 saturated carbocycles. The van der Waals surface area contributed by atoms with E-state index in [0.717, 1.165) is 5.52 Å². The third-order valence-electron chi connectivity index (χ3n) is 7.21. The number of aliphatic hydroxyl groups is 1. The Morgan fingerprint density at radius 3 is 2.67 bits per heavy atom. The number of aliphatic hydroxyl groups excluding tert-OH is 1. The topological polar surface area (TPSA) is 127 Å². The van der Waals surface area contributed by atoms with E-state index < -0.39 is 35.8 Å². The molecule has 10 nitrogen and oxygen atoms in total. The highest BCUT2D eigenvalue weighted by atomic mass is 16.5. The van der Waals surface area contributed by atoms with Crippen LogP contribution in [0.5, 0.6) is 0 Å². The maximum absolute atomic E-state index is 13.9. The molecule has 1 aliphatic heterocycles. The third-order valence-corrected chi connectivity index (χ3v) is 7.21. The number of benzene rings is 1. The normalized spacial score (nSPS) is 26.3. The summed E-state index contributed by atoms with van der Waals surface area (Å²) >= 11 is 0. The Bertz CT molecular complexity index is 1140. The number of esters is 1. The summed E-state index contributed by atoms with van der Waals surface area (Å²) in [4.78, 5) is 42.0. The number of carbonyl (C=O) groups is 3. The summed E-state index contributed by atoms with van der Waals surface area (Å²) in [5.74, 6) is -3.04. The summed E-state index contributed by atoms with van der Waals surface area (Å²) in [6.45, 7) is 7.64. The molecule has 36 heavy (non-hydrogen) atoms. The molecule has 1 fully saturated rings. The van der Waals surface area contributed by atoms with Gasteiger partial charge in [-0.3, -0.25) is 14.4 Å². The monoisotopic (exact) mass is 497 g/mol. The second kappa shape index (κ2) is 10.8. The zero-order chi connectivity index (χ0) is 26.0. The molecule has 2 amide bonds. The number of carbonyl (C=O) groups excluding carboxylic acids is 3. The molecule has 0 radical (unpaired) electrons. The molecule has 6 atom stereocenters. The first-order valence-corrected chi connectivity index (χ1v) is 12.6. The van der Waals surface area contributed by atoms with E-state index in [1.807, 2.05) is 57.2 Å². The van der Waals surface area contributed by atoms with Crippen LogP contribution in [-0.2, 0) is 25.8 Å². The van der Waals surface area contributed by atoms with Gasteiger partial charge in [0.15, 0.2) is 0 Å². The number of allylic oxidation sites excluding steroid dienone is 1. The highest BCUT2D eigenvalue weighted by molar-refractivity contribution is 5.96. The summed E-state index contributed by atoms with van der Waals surface area (Å²) in [7, 11) is 0. The fourth-order valence-corrected chi connectivity index (χ4v) is 5.64. The summed E-state index contributed by atoms with van der Waals surface area (Å²) in [6, 6.07) is 6.02. The second-order valence-electron chi connectivity index (χ2n) is 10.1. The highest BCUT2D eigenvalue weighted by Gasteiger charge is 2.58. The largest absolute Gasteiger partial charge is 0.466 e. The number of nitrogens with zero attached hydrogens (tertiary/aromatic N) is 4. The van der Waals surface area contributed by atoms with Gasteiger partial charge in [0.25, 0.3) is 0 Å². The third kappa shape index (κ3) is 4.74. The molecule has 0 unspecified atom stereocenters. The van der Waals surface area contributed by atoms with Gasteiger partial charge in [0.2, 0.25) is 11.8 Å². The van der Waals surface area contributed by atoms with Crippen molar-refractivity contribution < 1.29 is 24.2 Å². The van der Waals surface area contributed by atoms with Crippen molar-refractivity contribution in [3.8, 4) is 0 Å². The smallest absolute Gasteiger partial charge is 0.310 e. The molecule has 0 bridgehead atoms. The quantitative estimate of drug-likeness (QED) is 0.399. The summed E-state index contributed by atoms with van der Waals surface area (Å²) < 4.78 is 6.90. The van der Waals surface area contributed by atoms with Crippen molar-refractivity contribution in [2.24, 2.45) is 29.6 Å². The van der Waals surface area contributed by atoms with Crippen LogP contribution in [0.4, 0.5) is 0 Å². The van der Waals surface area contributed by atoms with Crippen molar-refractivity contribution in [3.63, 3.8) is 0 Å². The number of hydrogen-bond donors (Lipinski definition) is 2. The number of nitrogens with one attached hydrogen (secondary N) is 1. The van der Waals surface area contributed by atoms with Crippen molar-refractivity contribution in [2.75, 3.05) is 13.2 Å². The van der Waals surface area contributed by atoms with E-state index in [0.29, 0.717) is 11.9 Å². The summed E-state index contributed by atoms with van der Waals surface area (Å²) in [5, 5.41) is 21.4. The fourth-order valence-electron chi connectivity index (χ4n) is 5.64. The van der Waals surface area contributed by atoms with Crippen LogP contribution in [0.15, 0.2) is 36.4 Å². The molecule has 4 rings (SSSR count). The number of fused-ring (bicyclic) bond motifs is 2. The van der Waals surface area contributed by atoms with Gasteiger partial charge >= 0.3 is 5.97 Å². The second-order valence-corrected chi connectivity index (χ2v) is 10.1. The average Bonchev–Trinajstić information content (AvgIpc) is 3.39. The Hall–Kier alpha value is -3.27. The highest BCUT2D eigenvalue weighted by Crippen LogP contribution is 2.45. The lowest BCUT2D eigenvalue weighted by Gasteiger charge is -2.34. The molecule has 1 saturated heterocycles. The van der Waals surface area contributed by atoms with Gasteiger partial charge in [0.1, 0.15) is 18.2 Å². The van der Waals surface area contributed by atoms with E-state index in [9.17, 15) is 19.5 Å². The van der Waals surface area contributed by atoms with E-state index in [1.165, 1.54) is 4.90 Å². The van der Waals surface area contributed by atoms with Crippen molar-refractivity contribution in [1.29, 1.82) is 0 Å². The first kappa shape index (κ1) is 25.8. The van der Waals surface area contributed by atoms with E-state index in [4.69, 9.17) is 4.74 Å². The molecule has 2 aromatic rings. The molecule has 2 N–H and O–H groups in total. The Morgan fingerprint density at radius 2 is 1.97 bits per heavy atom. The van der Waals surface area contributed by atoms with Crippen LogP contribution in [0.1, 0.15) is 34.1 Å². The molecular formula is C26H35N5O5. The zero-order valence-electron chi connectivity index (χ0n) is 21.2. The minimum atomic E-state index is -0.867. The maximum atomic E-state index is 13.9. The number of likely N-dealkylation sites (tertiary alicyclic amines) is 1. The van der Waals surface area contributed by atoms with Crippen molar-refractivity contribution in [2.45, 2.75) is 52.9 Å². The van der Waals surface area contributed by atoms with E-state index in [2.05, 4.69) is 15.6 Å². The van der Waals surface area contributed by atoms with Gasteiger partial charge in [-0.2, -0.15) is 0 Å². The zero-order valence-corrected chi connectivity index (χ0v) is 21.2. The Kier molecular flexibility index (Phi) is 7.73. The molecular weight excluding hydrogens is 462 g/mol. The van der Waals surface area contributed by atoms with Crippen LogP contribution >= 0.6 is 0 Å². The van der Waals surface area contributed by atoms with Crippen molar-refractivity contribution in [3.05, 3.63) is 36.4 Å². The number of rotatable bonds is 9. The molecule has 1 aliphatic carbocycles. The molecule has 1 aromatic heterocycles. The lowest BCUT2D eigenvalue weighted by molar-refractivity contribution is -0.156. The SMILES string of the molecule is CCOC(=O)[C@H]1[C@@H]2C(=O)N([C@@H](CO)CC(C)C)[C@H](C(=O)NCn3nnc4ccccc43)[C@H]2C=C[C@H]1C. The molecule has 2 heterocycles. The molecule has 194 valence electrons. The van der Waals surface area contributed by atoms with Gasteiger partial charge in [0, 0.05) is 5.92 Å². The Labute approximate surface area is 210 Å². The number of amides is 2. The molecule has 0 spiro atoms. The van der Waals surface area contributed by atoms with Crippen LogP contribution in [0.25, 0.3) is 11.0 Å². The van der Waals surface area contributed by atoms with E-state index in [1.54, 1.807) is 11.6 Å². The van der Waals surface area contributed by atoms with Crippen LogP contribution in [0, 0.1) is 29.6 Å². The standard InChI is InChI=1S/C26H35N5O5/c1-5-36-26(35)21-16(4)10-11-18-22(21)25(34)31(17(13-32)12-15(2)3)23(18)24(33)27-14-30-20-9-7-6-8-19(20)28-29-30/h6-11,15-18,21-23,32H,5,12-14H2,1-4H3,(H,27,33)/t16-,17-,18+,21-,22-,23+/m1/s1. The Morgan fingerprint density at radius 1 is 1.22 bits per heavy atom.